The van der Waals surface area contributed by atoms with Crippen molar-refractivity contribution in [2.75, 3.05) is 26.2 Å². The Balaban J connectivity index is 0. The molecule has 5 nitrogen and oxygen atoms in total. The van der Waals surface area contributed by atoms with Crippen LogP contribution in [0, 0.1) is 0 Å². The first-order chi connectivity index (χ1) is 14.4. The Labute approximate surface area is 188 Å². The van der Waals surface area contributed by atoms with Gasteiger partial charge in [-0.05, 0) is 26.1 Å². The van der Waals surface area contributed by atoms with Crippen molar-refractivity contribution in [3.63, 3.8) is 0 Å². The van der Waals surface area contributed by atoms with Crippen molar-refractivity contribution >= 4 is 7.82 Å². The van der Waals surface area contributed by atoms with Gasteiger partial charge in [0.1, 0.15) is 0 Å². The molecule has 0 aromatic carbocycles. The summed E-state index contributed by atoms with van der Waals surface area (Å²) in [7, 11) is -4.26. The molecule has 0 aliphatic carbocycles. The van der Waals surface area contributed by atoms with E-state index >= 15 is 0 Å². The van der Waals surface area contributed by atoms with E-state index in [4.69, 9.17) is 9.79 Å². The summed E-state index contributed by atoms with van der Waals surface area (Å²) < 4.78 is 14.9. The highest BCUT2D eigenvalue weighted by Crippen LogP contribution is 2.35. The smallest absolute Gasteiger partial charge is 0.304 e. The zero-order valence-corrected chi connectivity index (χ0v) is 21.6. The molecule has 0 aliphatic rings. The SMILES string of the molecule is CCCCCCCCCCCCCCCCCCOP(=O)(O)O.CCN(CC)CC. The van der Waals surface area contributed by atoms with Crippen LogP contribution in [0.15, 0.2) is 0 Å². The largest absolute Gasteiger partial charge is 0.469 e. The van der Waals surface area contributed by atoms with Gasteiger partial charge in [0.05, 0.1) is 6.61 Å². The van der Waals surface area contributed by atoms with Crippen LogP contribution in [-0.4, -0.2) is 40.9 Å². The van der Waals surface area contributed by atoms with Crippen molar-refractivity contribution in [3.05, 3.63) is 0 Å². The third-order valence-electron chi connectivity index (χ3n) is 5.60. The first-order valence-electron chi connectivity index (χ1n) is 12.8. The molecule has 6 heteroatoms. The van der Waals surface area contributed by atoms with Crippen molar-refractivity contribution in [1.29, 1.82) is 0 Å². The van der Waals surface area contributed by atoms with Gasteiger partial charge in [-0.2, -0.15) is 0 Å². The van der Waals surface area contributed by atoms with Gasteiger partial charge in [-0.3, -0.25) is 4.52 Å². The fourth-order valence-corrected chi connectivity index (χ4v) is 3.87. The van der Waals surface area contributed by atoms with Crippen LogP contribution < -0.4 is 0 Å². The summed E-state index contributed by atoms with van der Waals surface area (Å²) in [5.41, 5.74) is 0. The number of rotatable bonds is 21. The van der Waals surface area contributed by atoms with E-state index in [0.717, 1.165) is 19.3 Å². The Morgan fingerprint density at radius 1 is 0.567 bits per heavy atom. The Bertz CT molecular complexity index is 354. The number of phosphoric acid groups is 1. The second kappa shape index (κ2) is 25.3. The summed E-state index contributed by atoms with van der Waals surface area (Å²) in [4.78, 5) is 19.4. The van der Waals surface area contributed by atoms with Gasteiger partial charge < -0.3 is 14.7 Å². The normalized spacial score (nSPS) is 11.6. The van der Waals surface area contributed by atoms with Gasteiger partial charge >= 0.3 is 7.82 Å². The molecule has 2 N–H and O–H groups in total. The molecular weight excluding hydrogens is 397 g/mol. The zero-order valence-electron chi connectivity index (χ0n) is 20.7. The zero-order chi connectivity index (χ0) is 22.9. The van der Waals surface area contributed by atoms with E-state index in [9.17, 15) is 4.57 Å². The second-order valence-electron chi connectivity index (χ2n) is 8.25. The molecule has 0 heterocycles. The lowest BCUT2D eigenvalue weighted by atomic mass is 10.0. The molecule has 0 radical (unpaired) electrons. The lowest BCUT2D eigenvalue weighted by Gasteiger charge is -2.13. The third-order valence-corrected chi connectivity index (χ3v) is 6.12. The van der Waals surface area contributed by atoms with E-state index in [1.54, 1.807) is 0 Å². The van der Waals surface area contributed by atoms with Gasteiger partial charge in [-0.15, -0.1) is 0 Å². The minimum atomic E-state index is -4.26. The summed E-state index contributed by atoms with van der Waals surface area (Å²) in [5.74, 6) is 0. The predicted molar refractivity (Wildman–Crippen MR) is 131 cm³/mol. The summed E-state index contributed by atoms with van der Waals surface area (Å²) in [6.45, 7) is 12.6. The number of hydrogen-bond acceptors (Lipinski definition) is 3. The quantitative estimate of drug-likeness (QED) is 0.138. The fraction of sp³-hybridized carbons (Fsp3) is 1.00. The number of nitrogens with zero attached hydrogens (tertiary/aromatic N) is 1. The molecule has 0 rings (SSSR count). The summed E-state index contributed by atoms with van der Waals surface area (Å²) in [6.07, 6.45) is 20.7. The first-order valence-corrected chi connectivity index (χ1v) is 14.4. The van der Waals surface area contributed by atoms with E-state index in [2.05, 4.69) is 37.1 Å². The monoisotopic (exact) mass is 451 g/mol. The summed E-state index contributed by atoms with van der Waals surface area (Å²) in [5, 5.41) is 0. The van der Waals surface area contributed by atoms with E-state index in [-0.39, 0.29) is 6.61 Å². The highest BCUT2D eigenvalue weighted by Gasteiger charge is 2.12. The molecule has 0 spiro atoms. The lowest BCUT2D eigenvalue weighted by molar-refractivity contribution is 0.193. The Kier molecular flexibility index (Phi) is 27.2. The van der Waals surface area contributed by atoms with Crippen molar-refractivity contribution in [1.82, 2.24) is 4.90 Å². The maximum atomic E-state index is 10.5. The van der Waals surface area contributed by atoms with Crippen molar-refractivity contribution in [2.24, 2.45) is 0 Å². The van der Waals surface area contributed by atoms with Crippen molar-refractivity contribution in [3.8, 4) is 0 Å². The number of hydrogen-bond donors (Lipinski definition) is 2. The topological polar surface area (TPSA) is 70.0 Å². The standard InChI is InChI=1S/C18H39O4P.C6H15N/c1-2-3-4-5-6-7-8-9-10-11-12-13-14-15-16-17-18-22-23(19,20)21;1-4-7(5-2)6-3/h2-18H2,1H3,(H2,19,20,21);4-6H2,1-3H3. The maximum absolute atomic E-state index is 10.5. The van der Waals surface area contributed by atoms with Crippen LogP contribution >= 0.6 is 7.82 Å². The molecule has 0 unspecified atom stereocenters. The Morgan fingerprint density at radius 2 is 0.867 bits per heavy atom. The van der Waals surface area contributed by atoms with E-state index in [1.807, 2.05) is 0 Å². The molecule has 0 saturated carbocycles. The van der Waals surface area contributed by atoms with Crippen LogP contribution in [-0.2, 0) is 9.09 Å². The number of unbranched alkanes of at least 4 members (excludes halogenated alkanes) is 15. The molecule has 0 fully saturated rings. The van der Waals surface area contributed by atoms with E-state index < -0.39 is 7.82 Å². The summed E-state index contributed by atoms with van der Waals surface area (Å²) in [6, 6.07) is 0. The minimum Gasteiger partial charge on any atom is -0.304 e. The molecule has 30 heavy (non-hydrogen) atoms. The molecule has 0 aliphatic heterocycles. The maximum Gasteiger partial charge on any atom is 0.469 e. The van der Waals surface area contributed by atoms with Crippen LogP contribution in [0.4, 0.5) is 0 Å². The number of phosphoric ester groups is 1. The molecule has 0 bridgehead atoms. The van der Waals surface area contributed by atoms with E-state index in [1.165, 1.54) is 103 Å². The van der Waals surface area contributed by atoms with Gasteiger partial charge in [0.25, 0.3) is 0 Å². The van der Waals surface area contributed by atoms with Crippen molar-refractivity contribution < 1.29 is 18.9 Å². The van der Waals surface area contributed by atoms with Gasteiger partial charge in [0, 0.05) is 0 Å². The average molecular weight is 452 g/mol. The second-order valence-corrected chi connectivity index (χ2v) is 9.49. The predicted octanol–water partition coefficient (Wildman–Crippen LogP) is 7.71. The Morgan fingerprint density at radius 3 is 1.10 bits per heavy atom. The molecule has 0 amide bonds. The minimum absolute atomic E-state index is 0.169. The molecular formula is C24H54NO4P. The molecule has 0 aromatic heterocycles. The van der Waals surface area contributed by atoms with Gasteiger partial charge in [-0.1, -0.05) is 124 Å². The fourth-order valence-electron chi connectivity index (χ4n) is 3.50. The van der Waals surface area contributed by atoms with E-state index in [0.29, 0.717) is 0 Å². The highest BCUT2D eigenvalue weighted by atomic mass is 31.2. The molecule has 0 saturated heterocycles. The van der Waals surface area contributed by atoms with Crippen LogP contribution in [0.3, 0.4) is 0 Å². The molecule has 0 aromatic rings. The lowest BCUT2D eigenvalue weighted by Crippen LogP contribution is -2.21. The van der Waals surface area contributed by atoms with Gasteiger partial charge in [-0.25, -0.2) is 4.57 Å². The Hall–Kier alpha value is 0.0700. The summed E-state index contributed by atoms with van der Waals surface area (Å²) >= 11 is 0. The van der Waals surface area contributed by atoms with Crippen LogP contribution in [0.25, 0.3) is 0 Å². The van der Waals surface area contributed by atoms with Gasteiger partial charge in [0.15, 0.2) is 0 Å². The molecule has 184 valence electrons. The van der Waals surface area contributed by atoms with Crippen LogP contribution in [0.1, 0.15) is 130 Å². The van der Waals surface area contributed by atoms with Crippen LogP contribution in [0.2, 0.25) is 0 Å². The van der Waals surface area contributed by atoms with Crippen LogP contribution in [0.5, 0.6) is 0 Å². The average Bonchev–Trinajstić information content (AvgIpc) is 2.71. The van der Waals surface area contributed by atoms with Gasteiger partial charge in [0.2, 0.25) is 0 Å². The van der Waals surface area contributed by atoms with Crippen molar-refractivity contribution in [2.45, 2.75) is 130 Å². The molecule has 0 atom stereocenters. The highest BCUT2D eigenvalue weighted by molar-refractivity contribution is 7.46. The third kappa shape index (κ3) is 30.3. The first kappa shape index (κ1) is 32.3.